The second kappa shape index (κ2) is 8.21. The maximum absolute atomic E-state index is 12.8. The van der Waals surface area contributed by atoms with Crippen molar-refractivity contribution < 1.29 is 22.7 Å². The number of hydrogen-bond acceptors (Lipinski definition) is 6. The van der Waals surface area contributed by atoms with Crippen molar-refractivity contribution in [1.82, 2.24) is 30.4 Å². The SMILES string of the molecule is C[C@@H]1C[C@H](NC(=O)OC(C)(C)C)CN1Cc1nnnn1-c1ccc(C(F)(F)F)cc1. The van der Waals surface area contributed by atoms with Gasteiger partial charge in [-0.1, -0.05) is 0 Å². The van der Waals surface area contributed by atoms with Gasteiger partial charge >= 0.3 is 12.3 Å². The minimum atomic E-state index is -4.40. The molecule has 2 atom stereocenters. The molecule has 0 aliphatic carbocycles. The van der Waals surface area contributed by atoms with Gasteiger partial charge < -0.3 is 10.1 Å². The average Bonchev–Trinajstić information content (AvgIpc) is 3.19. The maximum Gasteiger partial charge on any atom is 0.416 e. The molecule has 11 heteroatoms. The highest BCUT2D eigenvalue weighted by Crippen LogP contribution is 2.29. The largest absolute Gasteiger partial charge is 0.444 e. The van der Waals surface area contributed by atoms with Gasteiger partial charge in [0.25, 0.3) is 0 Å². The first-order valence-corrected chi connectivity index (χ1v) is 9.61. The molecule has 0 radical (unpaired) electrons. The summed E-state index contributed by atoms with van der Waals surface area (Å²) in [5.41, 5.74) is -0.860. The molecule has 1 amide bonds. The molecule has 0 bridgehead atoms. The van der Waals surface area contributed by atoms with Crippen LogP contribution in [0.25, 0.3) is 5.69 Å². The van der Waals surface area contributed by atoms with Crippen LogP contribution in [-0.4, -0.2) is 55.4 Å². The van der Waals surface area contributed by atoms with Gasteiger partial charge in [-0.3, -0.25) is 4.90 Å². The molecule has 0 saturated carbocycles. The molecule has 2 heterocycles. The van der Waals surface area contributed by atoms with Gasteiger partial charge in [0.1, 0.15) is 5.60 Å². The Bertz CT molecular complexity index is 876. The Morgan fingerprint density at radius 2 is 1.90 bits per heavy atom. The molecule has 30 heavy (non-hydrogen) atoms. The minimum absolute atomic E-state index is 0.0785. The van der Waals surface area contributed by atoms with Crippen molar-refractivity contribution in [2.24, 2.45) is 0 Å². The van der Waals surface area contributed by atoms with E-state index in [1.54, 1.807) is 20.8 Å². The standard InChI is InChI=1S/C19H25F3N6O2/c1-12-9-14(23-17(29)30-18(2,3)4)10-27(12)11-16-24-25-26-28(16)15-7-5-13(6-8-15)19(20,21)22/h5-8,12,14H,9-11H2,1-4H3,(H,23,29)/t12-,14+/m1/s1. The van der Waals surface area contributed by atoms with Crippen LogP contribution in [0.15, 0.2) is 24.3 Å². The first kappa shape index (κ1) is 22.0. The highest BCUT2D eigenvalue weighted by atomic mass is 19.4. The van der Waals surface area contributed by atoms with E-state index in [-0.39, 0.29) is 12.1 Å². The lowest BCUT2D eigenvalue weighted by atomic mass is 10.2. The van der Waals surface area contributed by atoms with Crippen molar-refractivity contribution in [3.05, 3.63) is 35.7 Å². The third-order valence-electron chi connectivity index (χ3n) is 4.74. The number of carbonyl (C=O) groups excluding carboxylic acids is 1. The van der Waals surface area contributed by atoms with E-state index in [0.717, 1.165) is 18.6 Å². The Labute approximate surface area is 172 Å². The lowest BCUT2D eigenvalue weighted by Gasteiger charge is -2.22. The topological polar surface area (TPSA) is 85.2 Å². The number of rotatable bonds is 4. The Hall–Kier alpha value is -2.69. The van der Waals surface area contributed by atoms with Crippen molar-refractivity contribution in [3.63, 3.8) is 0 Å². The molecule has 2 aromatic rings. The summed E-state index contributed by atoms with van der Waals surface area (Å²) in [7, 11) is 0. The van der Waals surface area contributed by atoms with Gasteiger partial charge in [-0.05, 0) is 68.8 Å². The lowest BCUT2D eigenvalue weighted by Crippen LogP contribution is -2.40. The molecular formula is C19H25F3N6O2. The molecule has 1 fully saturated rings. The van der Waals surface area contributed by atoms with Crippen LogP contribution >= 0.6 is 0 Å². The number of nitrogens with one attached hydrogen (secondary N) is 1. The van der Waals surface area contributed by atoms with Crippen molar-refractivity contribution in [2.75, 3.05) is 6.54 Å². The summed E-state index contributed by atoms with van der Waals surface area (Å²) in [5.74, 6) is 0.500. The zero-order valence-electron chi connectivity index (χ0n) is 17.3. The number of amides is 1. The second-order valence-electron chi connectivity index (χ2n) is 8.41. The van der Waals surface area contributed by atoms with Gasteiger partial charge in [0.2, 0.25) is 0 Å². The fourth-order valence-corrected chi connectivity index (χ4v) is 3.38. The Morgan fingerprint density at radius 1 is 1.23 bits per heavy atom. The fourth-order valence-electron chi connectivity index (χ4n) is 3.38. The number of nitrogens with zero attached hydrogens (tertiary/aromatic N) is 5. The van der Waals surface area contributed by atoms with Crippen LogP contribution in [0.2, 0.25) is 0 Å². The third kappa shape index (κ3) is 5.47. The summed E-state index contributed by atoms with van der Waals surface area (Å²) in [6, 6.07) is 4.75. The van der Waals surface area contributed by atoms with E-state index in [1.165, 1.54) is 16.8 Å². The number of likely N-dealkylation sites (tertiary alicyclic amines) is 1. The molecule has 1 aromatic carbocycles. The van der Waals surface area contributed by atoms with Crippen LogP contribution in [0.4, 0.5) is 18.0 Å². The number of ether oxygens (including phenoxy) is 1. The first-order chi connectivity index (χ1) is 13.9. The van der Waals surface area contributed by atoms with Gasteiger partial charge in [0.05, 0.1) is 17.8 Å². The number of alkyl halides is 3. The average molecular weight is 426 g/mol. The number of carbonyl (C=O) groups is 1. The number of aromatic nitrogens is 4. The van der Waals surface area contributed by atoms with Crippen LogP contribution in [-0.2, 0) is 17.5 Å². The molecule has 1 aliphatic heterocycles. The minimum Gasteiger partial charge on any atom is -0.444 e. The van der Waals surface area contributed by atoms with E-state index in [1.807, 2.05) is 6.92 Å². The highest BCUT2D eigenvalue weighted by Gasteiger charge is 2.33. The van der Waals surface area contributed by atoms with Gasteiger partial charge in [0, 0.05) is 18.6 Å². The maximum atomic E-state index is 12.8. The van der Waals surface area contributed by atoms with Crippen molar-refractivity contribution >= 4 is 6.09 Å². The molecule has 1 aromatic heterocycles. The number of hydrogen-bond donors (Lipinski definition) is 1. The van der Waals surface area contributed by atoms with E-state index in [4.69, 9.17) is 4.74 Å². The molecule has 3 rings (SSSR count). The van der Waals surface area contributed by atoms with Crippen molar-refractivity contribution in [3.8, 4) is 5.69 Å². The van der Waals surface area contributed by atoms with E-state index >= 15 is 0 Å². The lowest BCUT2D eigenvalue weighted by molar-refractivity contribution is -0.137. The zero-order chi connectivity index (χ0) is 22.1. The molecule has 8 nitrogen and oxygen atoms in total. The van der Waals surface area contributed by atoms with Crippen LogP contribution in [0.3, 0.4) is 0 Å². The second-order valence-corrected chi connectivity index (χ2v) is 8.41. The van der Waals surface area contributed by atoms with Gasteiger partial charge in [-0.25, -0.2) is 4.79 Å². The van der Waals surface area contributed by atoms with E-state index in [9.17, 15) is 18.0 Å². The number of tetrazole rings is 1. The predicted octanol–water partition coefficient (Wildman–Crippen LogP) is 3.17. The molecule has 1 saturated heterocycles. The molecular weight excluding hydrogens is 401 g/mol. The Balaban J connectivity index is 1.65. The number of benzene rings is 1. The van der Waals surface area contributed by atoms with Crippen LogP contribution in [0.1, 0.15) is 45.5 Å². The van der Waals surface area contributed by atoms with Gasteiger partial charge in [0.15, 0.2) is 5.82 Å². The number of halogens is 3. The summed E-state index contributed by atoms with van der Waals surface area (Å²) < 4.78 is 45.1. The molecule has 164 valence electrons. The Morgan fingerprint density at radius 3 is 2.50 bits per heavy atom. The van der Waals surface area contributed by atoms with Gasteiger partial charge in [-0.2, -0.15) is 17.9 Å². The molecule has 1 aliphatic rings. The van der Waals surface area contributed by atoms with E-state index in [2.05, 4.69) is 25.7 Å². The summed E-state index contributed by atoms with van der Waals surface area (Å²) in [6.07, 6.45) is -4.12. The van der Waals surface area contributed by atoms with Crippen LogP contribution in [0, 0.1) is 0 Å². The number of alkyl carbamates (subject to hydrolysis) is 1. The van der Waals surface area contributed by atoms with Crippen LogP contribution in [0.5, 0.6) is 0 Å². The normalized spacial score (nSPS) is 20.4. The van der Waals surface area contributed by atoms with Crippen molar-refractivity contribution in [1.29, 1.82) is 0 Å². The van der Waals surface area contributed by atoms with Gasteiger partial charge in [-0.15, -0.1) is 5.10 Å². The van der Waals surface area contributed by atoms with Crippen molar-refractivity contribution in [2.45, 2.75) is 64.5 Å². The molecule has 0 unspecified atom stereocenters. The quantitative estimate of drug-likeness (QED) is 0.809. The highest BCUT2D eigenvalue weighted by molar-refractivity contribution is 5.68. The molecule has 1 N–H and O–H groups in total. The monoisotopic (exact) mass is 426 g/mol. The van der Waals surface area contributed by atoms with E-state index < -0.39 is 23.4 Å². The van der Waals surface area contributed by atoms with E-state index in [0.29, 0.717) is 24.6 Å². The summed E-state index contributed by atoms with van der Waals surface area (Å²) in [6.45, 7) is 8.41. The summed E-state index contributed by atoms with van der Waals surface area (Å²) >= 11 is 0. The first-order valence-electron chi connectivity index (χ1n) is 9.61. The zero-order valence-corrected chi connectivity index (χ0v) is 17.3. The summed E-state index contributed by atoms with van der Waals surface area (Å²) in [5, 5.41) is 14.5. The smallest absolute Gasteiger partial charge is 0.416 e. The van der Waals surface area contributed by atoms with Crippen LogP contribution < -0.4 is 5.32 Å². The summed E-state index contributed by atoms with van der Waals surface area (Å²) in [4.78, 5) is 14.1. The Kier molecular flexibility index (Phi) is 6.02. The predicted molar refractivity (Wildman–Crippen MR) is 102 cm³/mol. The third-order valence-corrected chi connectivity index (χ3v) is 4.74. The fraction of sp³-hybridized carbons (Fsp3) is 0.579. The molecule has 0 spiro atoms.